The third-order valence-corrected chi connectivity index (χ3v) is 12.2. The Hall–Kier alpha value is -4.64. The van der Waals surface area contributed by atoms with E-state index in [1.807, 2.05) is 18.4 Å². The molecule has 2 N–H and O–H groups in total. The summed E-state index contributed by atoms with van der Waals surface area (Å²) in [4.78, 5) is 51.4. The standard InChI is InChI=1S/C41H49N7O5S/c1-7-47-33-14-12-25-18-29(33)30(36(47)28-10-8-16-43-35(28)24(2)52-6)20-40(3,4)23-53-39(51)41(5)15-9-17-48(46-41)38(50)31(19-34-44-32(25)22-54-34)45-37(49)27-13-11-26(27)21-42/h8,10,12,14,16,18,22,24,26-27,31,46H,7,9,11,13,15,17,19-20,23H2,1-6H3,(H,45,49)/t24-,26+,27-,31-,41+/m0/s1. The van der Waals surface area contributed by atoms with Crippen molar-refractivity contribution in [3.8, 4) is 28.6 Å². The maximum atomic E-state index is 14.2. The number of carbonyl (C=O) groups is 3. The van der Waals surface area contributed by atoms with Crippen LogP contribution in [0.25, 0.3) is 33.4 Å². The van der Waals surface area contributed by atoms with Crippen LogP contribution in [0.5, 0.6) is 0 Å². The number of fused-ring (bicyclic) bond motifs is 6. The predicted octanol–water partition coefficient (Wildman–Crippen LogP) is 6.14. The quantitative estimate of drug-likeness (QED) is 0.221. The van der Waals surface area contributed by atoms with Crippen molar-refractivity contribution >= 4 is 40.0 Å². The Morgan fingerprint density at radius 1 is 1.24 bits per heavy atom. The molecule has 3 aliphatic rings. The molecule has 1 saturated heterocycles. The number of esters is 1. The lowest BCUT2D eigenvalue weighted by Crippen LogP contribution is -2.66. The molecule has 1 aliphatic carbocycles. The van der Waals surface area contributed by atoms with Gasteiger partial charge in [-0.05, 0) is 82.7 Å². The van der Waals surface area contributed by atoms with E-state index in [2.05, 4.69) is 66.4 Å². The number of cyclic esters (lactones) is 1. The summed E-state index contributed by atoms with van der Waals surface area (Å²) >= 11 is 1.44. The first-order valence-corrected chi connectivity index (χ1v) is 19.8. The maximum Gasteiger partial charge on any atom is 0.327 e. The number of benzene rings is 1. The van der Waals surface area contributed by atoms with Gasteiger partial charge in [-0.25, -0.2) is 15.2 Å². The number of thiazole rings is 1. The summed E-state index contributed by atoms with van der Waals surface area (Å²) in [5.74, 6) is -1.92. The van der Waals surface area contributed by atoms with Crippen LogP contribution in [-0.2, 0) is 43.2 Å². The Labute approximate surface area is 320 Å². The van der Waals surface area contributed by atoms with Crippen LogP contribution in [-0.4, -0.2) is 69.2 Å². The van der Waals surface area contributed by atoms with Gasteiger partial charge in [0.25, 0.3) is 5.91 Å². The number of rotatable bonds is 6. The molecule has 4 aromatic rings. The second-order valence-corrected chi connectivity index (χ2v) is 16.8. The van der Waals surface area contributed by atoms with E-state index in [4.69, 9.17) is 19.4 Å². The summed E-state index contributed by atoms with van der Waals surface area (Å²) in [7, 11) is 1.69. The Balaban J connectivity index is 1.36. The molecule has 1 saturated carbocycles. The van der Waals surface area contributed by atoms with Crippen molar-refractivity contribution in [2.24, 2.45) is 17.3 Å². The van der Waals surface area contributed by atoms with Crippen LogP contribution in [0, 0.1) is 28.6 Å². The van der Waals surface area contributed by atoms with Crippen LogP contribution in [0.3, 0.4) is 0 Å². The van der Waals surface area contributed by atoms with Gasteiger partial charge in [-0.15, -0.1) is 11.3 Å². The molecule has 2 aliphatic heterocycles. The number of nitrogens with zero attached hydrogens (tertiary/aromatic N) is 5. The van der Waals surface area contributed by atoms with Crippen LogP contribution < -0.4 is 10.7 Å². The van der Waals surface area contributed by atoms with Gasteiger partial charge < -0.3 is 19.4 Å². The van der Waals surface area contributed by atoms with E-state index in [1.165, 1.54) is 16.3 Å². The molecule has 2 amide bonds. The lowest BCUT2D eigenvalue weighted by molar-refractivity contribution is -0.162. The van der Waals surface area contributed by atoms with E-state index in [0.29, 0.717) is 43.7 Å². The van der Waals surface area contributed by atoms with Crippen LogP contribution in [0.15, 0.2) is 41.9 Å². The highest BCUT2D eigenvalue weighted by atomic mass is 32.1. The average Bonchev–Trinajstić information content (AvgIpc) is 3.74. The third kappa shape index (κ3) is 7.03. The van der Waals surface area contributed by atoms with Crippen molar-refractivity contribution < 1.29 is 23.9 Å². The Kier molecular flexibility index (Phi) is 10.4. The summed E-state index contributed by atoms with van der Waals surface area (Å²) in [6.45, 7) is 11.4. The number of hydrogen-bond acceptors (Lipinski definition) is 10. The molecule has 1 aromatic carbocycles. The zero-order valence-electron chi connectivity index (χ0n) is 31.9. The van der Waals surface area contributed by atoms with Gasteiger partial charge in [0.15, 0.2) is 0 Å². The molecular formula is C41H49N7O5S. The highest BCUT2D eigenvalue weighted by Crippen LogP contribution is 2.42. The van der Waals surface area contributed by atoms with Crippen LogP contribution >= 0.6 is 11.3 Å². The van der Waals surface area contributed by atoms with Crippen molar-refractivity contribution in [3.63, 3.8) is 0 Å². The van der Waals surface area contributed by atoms with Crippen LogP contribution in [0.1, 0.15) is 82.7 Å². The van der Waals surface area contributed by atoms with E-state index < -0.39 is 28.9 Å². The molecule has 54 heavy (non-hydrogen) atoms. The number of hydrogen-bond donors (Lipinski definition) is 2. The number of pyridine rings is 1. The Morgan fingerprint density at radius 2 is 2.06 bits per heavy atom. The number of nitrogens with one attached hydrogen (secondary N) is 2. The topological polar surface area (TPSA) is 151 Å². The average molecular weight is 752 g/mol. The monoisotopic (exact) mass is 751 g/mol. The number of amides is 2. The molecule has 6 bridgehead atoms. The zero-order valence-corrected chi connectivity index (χ0v) is 32.7. The number of hydrazine groups is 1. The van der Waals surface area contributed by atoms with E-state index in [-0.39, 0.29) is 36.9 Å². The molecule has 5 atom stereocenters. The maximum absolute atomic E-state index is 14.2. The first-order chi connectivity index (χ1) is 25.9. The molecule has 2 fully saturated rings. The molecule has 12 nitrogen and oxygen atoms in total. The molecule has 7 rings (SSSR count). The second kappa shape index (κ2) is 14.9. The summed E-state index contributed by atoms with van der Waals surface area (Å²) in [6, 6.07) is 11.7. The first kappa shape index (κ1) is 37.7. The number of aryl methyl sites for hydroxylation is 1. The van der Waals surface area contributed by atoms with Gasteiger partial charge in [-0.1, -0.05) is 19.9 Å². The SMILES string of the molecule is CCn1c(-c2cccnc2[C@H](C)OC)c2c3cc(ccc31)-c1csc(n1)C[C@H](NC(=O)[C@H]1CC[C@@H]1C#N)C(=O)N1CCC[C@@](C)(N1)C(=O)OCC(C)(C)C2. The van der Waals surface area contributed by atoms with Crippen molar-refractivity contribution in [1.82, 2.24) is 30.3 Å². The minimum Gasteiger partial charge on any atom is -0.464 e. The van der Waals surface area contributed by atoms with Crippen LogP contribution in [0.4, 0.5) is 0 Å². The highest BCUT2D eigenvalue weighted by Gasteiger charge is 2.44. The van der Waals surface area contributed by atoms with Gasteiger partial charge in [0, 0.05) is 65.6 Å². The fourth-order valence-electron chi connectivity index (χ4n) is 8.06. The van der Waals surface area contributed by atoms with Crippen molar-refractivity contribution in [2.45, 2.75) is 97.4 Å². The molecule has 0 radical (unpaired) electrons. The van der Waals surface area contributed by atoms with Gasteiger partial charge in [-0.3, -0.25) is 19.6 Å². The molecule has 13 heteroatoms. The summed E-state index contributed by atoms with van der Waals surface area (Å²) in [5.41, 5.74) is 8.36. The molecule has 284 valence electrons. The number of methoxy groups -OCH3 is 1. The minimum atomic E-state index is -1.16. The molecule has 0 spiro atoms. The van der Waals surface area contributed by atoms with Gasteiger partial charge in [-0.2, -0.15) is 5.26 Å². The molecule has 5 heterocycles. The predicted molar refractivity (Wildman–Crippen MR) is 206 cm³/mol. The fourth-order valence-corrected chi connectivity index (χ4v) is 8.91. The first-order valence-electron chi connectivity index (χ1n) is 18.9. The van der Waals surface area contributed by atoms with Crippen molar-refractivity contribution in [1.29, 1.82) is 5.26 Å². The van der Waals surface area contributed by atoms with Crippen molar-refractivity contribution in [2.75, 3.05) is 20.3 Å². The zero-order chi connectivity index (χ0) is 38.4. The number of ether oxygens (including phenoxy) is 2. The number of aromatic nitrogens is 3. The van der Waals surface area contributed by atoms with Crippen molar-refractivity contribution in [3.05, 3.63) is 58.2 Å². The molecule has 3 aromatic heterocycles. The van der Waals surface area contributed by atoms with E-state index in [0.717, 1.165) is 51.2 Å². The number of nitriles is 1. The third-order valence-electron chi connectivity index (χ3n) is 11.3. The van der Waals surface area contributed by atoms with Gasteiger partial charge >= 0.3 is 5.97 Å². The van der Waals surface area contributed by atoms with Crippen LogP contribution in [0.2, 0.25) is 0 Å². The molecular weight excluding hydrogens is 703 g/mol. The molecule has 0 unspecified atom stereocenters. The summed E-state index contributed by atoms with van der Waals surface area (Å²) in [6.07, 6.45) is 4.65. The second-order valence-electron chi connectivity index (χ2n) is 15.9. The summed E-state index contributed by atoms with van der Waals surface area (Å²) < 4.78 is 14.2. The fraction of sp³-hybridized carbons (Fsp3) is 0.512. The Morgan fingerprint density at radius 3 is 2.78 bits per heavy atom. The Bertz CT molecular complexity index is 2130. The smallest absolute Gasteiger partial charge is 0.327 e. The highest BCUT2D eigenvalue weighted by molar-refractivity contribution is 7.10. The van der Waals surface area contributed by atoms with Gasteiger partial charge in [0.1, 0.15) is 11.6 Å². The van der Waals surface area contributed by atoms with E-state index >= 15 is 0 Å². The van der Waals surface area contributed by atoms with E-state index in [9.17, 15) is 19.6 Å². The summed E-state index contributed by atoms with van der Waals surface area (Å²) in [5, 5.41) is 17.7. The normalized spacial score (nSPS) is 24.9. The minimum absolute atomic E-state index is 0.152. The lowest BCUT2D eigenvalue weighted by atomic mass is 9.74. The van der Waals surface area contributed by atoms with Gasteiger partial charge in [0.05, 0.1) is 52.7 Å². The van der Waals surface area contributed by atoms with E-state index in [1.54, 1.807) is 20.2 Å². The largest absolute Gasteiger partial charge is 0.464 e. The number of carbonyl (C=O) groups excluding carboxylic acids is 3. The van der Waals surface area contributed by atoms with Gasteiger partial charge in [0.2, 0.25) is 5.91 Å². The lowest BCUT2D eigenvalue weighted by Gasteiger charge is -2.41.